The molecule has 2 amide bonds. The van der Waals surface area contributed by atoms with Crippen molar-refractivity contribution in [1.29, 1.82) is 0 Å². The van der Waals surface area contributed by atoms with Crippen LogP contribution in [0.1, 0.15) is 26.7 Å². The normalized spacial score (nSPS) is 10.9. The molecule has 0 rings (SSSR count). The Morgan fingerprint density at radius 2 is 2.00 bits per heavy atom. The fourth-order valence-electron chi connectivity index (χ4n) is 0.866. The molecule has 88 valence electrons. The lowest BCUT2D eigenvalue weighted by Gasteiger charge is -2.17. The topological polar surface area (TPSA) is 107 Å². The van der Waals surface area contributed by atoms with E-state index in [1.165, 1.54) is 0 Å². The summed E-state index contributed by atoms with van der Waals surface area (Å²) in [6.07, 6.45) is 0.127. The number of hydrogen-bond donors (Lipinski definition) is 3. The van der Waals surface area contributed by atoms with Gasteiger partial charge in [0.2, 0.25) is 5.91 Å². The van der Waals surface area contributed by atoms with Gasteiger partial charge in [0.25, 0.3) is 0 Å². The van der Waals surface area contributed by atoms with Crippen molar-refractivity contribution in [3.8, 4) is 0 Å². The van der Waals surface area contributed by atoms with Gasteiger partial charge in [0.1, 0.15) is 6.61 Å². The maximum absolute atomic E-state index is 11.2. The number of carbonyl (C=O) groups is 2. The van der Waals surface area contributed by atoms with Crippen LogP contribution in [-0.4, -0.2) is 30.7 Å². The van der Waals surface area contributed by atoms with E-state index in [0.29, 0.717) is 12.8 Å². The molecule has 0 aromatic rings. The van der Waals surface area contributed by atoms with Gasteiger partial charge in [0, 0.05) is 12.0 Å². The van der Waals surface area contributed by atoms with Crippen molar-refractivity contribution in [1.82, 2.24) is 5.32 Å². The van der Waals surface area contributed by atoms with Crippen molar-refractivity contribution in [3.63, 3.8) is 0 Å². The quantitative estimate of drug-likeness (QED) is 0.531. The molecule has 0 radical (unpaired) electrons. The second-order valence-electron chi connectivity index (χ2n) is 4.01. The minimum Gasteiger partial charge on any atom is -0.448 e. The zero-order chi connectivity index (χ0) is 11.9. The third-order valence-electron chi connectivity index (χ3n) is 1.66. The number of amides is 2. The molecule has 0 spiro atoms. The van der Waals surface area contributed by atoms with Crippen molar-refractivity contribution >= 4 is 12.0 Å². The van der Waals surface area contributed by atoms with Crippen LogP contribution in [0.3, 0.4) is 0 Å². The Labute approximate surface area is 89.3 Å². The Bertz CT molecular complexity index is 223. The first-order valence-corrected chi connectivity index (χ1v) is 4.79. The van der Waals surface area contributed by atoms with Crippen molar-refractivity contribution in [3.05, 3.63) is 0 Å². The zero-order valence-electron chi connectivity index (χ0n) is 9.21. The van der Waals surface area contributed by atoms with Crippen molar-refractivity contribution in [2.24, 2.45) is 11.5 Å². The molecule has 0 heterocycles. The molecule has 0 saturated carbocycles. The summed E-state index contributed by atoms with van der Waals surface area (Å²) in [5.41, 5.74) is 10.1. The van der Waals surface area contributed by atoms with Crippen molar-refractivity contribution in [2.75, 3.05) is 13.2 Å². The maximum atomic E-state index is 11.2. The van der Waals surface area contributed by atoms with Gasteiger partial charge in [-0.15, -0.1) is 0 Å². The molecule has 0 aromatic heterocycles. The Balaban J connectivity index is 3.46. The van der Waals surface area contributed by atoms with E-state index in [4.69, 9.17) is 11.5 Å². The van der Waals surface area contributed by atoms with E-state index < -0.39 is 6.09 Å². The van der Waals surface area contributed by atoms with Gasteiger partial charge in [0.15, 0.2) is 0 Å². The Kier molecular flexibility index (Phi) is 5.69. The van der Waals surface area contributed by atoms with Crippen LogP contribution < -0.4 is 16.8 Å². The van der Waals surface area contributed by atoms with Crippen LogP contribution in [0.5, 0.6) is 0 Å². The average molecular weight is 217 g/mol. The molecule has 6 nitrogen and oxygen atoms in total. The minimum atomic E-state index is -0.840. The summed E-state index contributed by atoms with van der Waals surface area (Å²) >= 11 is 0. The molecular weight excluding hydrogens is 198 g/mol. The summed E-state index contributed by atoms with van der Waals surface area (Å²) in [5, 5.41) is 2.58. The molecule has 0 atom stereocenters. The van der Waals surface area contributed by atoms with Gasteiger partial charge in [-0.1, -0.05) is 0 Å². The lowest BCUT2D eigenvalue weighted by atomic mass is 10.00. The maximum Gasteiger partial charge on any atom is 0.404 e. The van der Waals surface area contributed by atoms with Gasteiger partial charge >= 0.3 is 6.09 Å². The van der Waals surface area contributed by atoms with E-state index in [2.05, 4.69) is 10.1 Å². The highest BCUT2D eigenvalue weighted by atomic mass is 16.5. The monoisotopic (exact) mass is 217 g/mol. The molecular formula is C9H19N3O3. The van der Waals surface area contributed by atoms with Crippen molar-refractivity contribution in [2.45, 2.75) is 32.2 Å². The predicted molar refractivity (Wildman–Crippen MR) is 56.0 cm³/mol. The van der Waals surface area contributed by atoms with Gasteiger partial charge in [-0.3, -0.25) is 4.79 Å². The first kappa shape index (κ1) is 13.7. The lowest BCUT2D eigenvalue weighted by molar-refractivity contribution is -0.121. The highest BCUT2D eigenvalue weighted by molar-refractivity contribution is 5.75. The van der Waals surface area contributed by atoms with Crippen molar-refractivity contribution < 1.29 is 14.3 Å². The van der Waals surface area contributed by atoms with E-state index >= 15 is 0 Å². The third-order valence-corrected chi connectivity index (χ3v) is 1.66. The van der Waals surface area contributed by atoms with Gasteiger partial charge in [-0.25, -0.2) is 4.79 Å². The second kappa shape index (κ2) is 6.23. The number of rotatable bonds is 6. The first-order valence-electron chi connectivity index (χ1n) is 4.79. The van der Waals surface area contributed by atoms with Crippen LogP contribution >= 0.6 is 0 Å². The van der Waals surface area contributed by atoms with Gasteiger partial charge in [-0.05, 0) is 20.3 Å². The lowest BCUT2D eigenvalue weighted by Crippen LogP contribution is -2.35. The summed E-state index contributed by atoms with van der Waals surface area (Å²) in [5.74, 6) is -0.110. The SMILES string of the molecule is CC(C)(N)CCC(=O)NCCOC(N)=O. The molecule has 6 heteroatoms. The number of carbonyl (C=O) groups excluding carboxylic acids is 2. The largest absolute Gasteiger partial charge is 0.448 e. The second-order valence-corrected chi connectivity index (χ2v) is 4.01. The van der Waals surface area contributed by atoms with Crippen LogP contribution in [0.2, 0.25) is 0 Å². The summed E-state index contributed by atoms with van der Waals surface area (Å²) in [7, 11) is 0. The summed E-state index contributed by atoms with van der Waals surface area (Å²) < 4.78 is 4.44. The van der Waals surface area contributed by atoms with Gasteiger partial charge in [-0.2, -0.15) is 0 Å². The summed E-state index contributed by atoms with van der Waals surface area (Å²) in [6.45, 7) is 4.08. The van der Waals surface area contributed by atoms with Crippen LogP contribution in [0.25, 0.3) is 0 Å². The molecule has 0 fully saturated rings. The van der Waals surface area contributed by atoms with Crippen LogP contribution in [0.15, 0.2) is 0 Å². The summed E-state index contributed by atoms with van der Waals surface area (Å²) in [6, 6.07) is 0. The van der Waals surface area contributed by atoms with E-state index in [1.54, 1.807) is 0 Å². The predicted octanol–water partition coefficient (Wildman–Crippen LogP) is -0.285. The van der Waals surface area contributed by atoms with E-state index in [0.717, 1.165) is 0 Å². The Morgan fingerprint density at radius 1 is 1.40 bits per heavy atom. The van der Waals surface area contributed by atoms with E-state index in [-0.39, 0.29) is 24.6 Å². The fraction of sp³-hybridized carbons (Fsp3) is 0.778. The standard InChI is InChI=1S/C9H19N3O3/c1-9(2,11)4-3-7(13)12-5-6-15-8(10)14/h3-6,11H2,1-2H3,(H2,10,14)(H,12,13). The highest BCUT2D eigenvalue weighted by Crippen LogP contribution is 2.06. The zero-order valence-corrected chi connectivity index (χ0v) is 9.21. The average Bonchev–Trinajstić information content (AvgIpc) is 2.07. The number of nitrogens with one attached hydrogen (secondary N) is 1. The number of ether oxygens (including phenoxy) is 1. The van der Waals surface area contributed by atoms with Gasteiger partial charge in [0.05, 0.1) is 6.54 Å². The molecule has 0 aliphatic heterocycles. The third kappa shape index (κ3) is 10.6. The summed E-state index contributed by atoms with van der Waals surface area (Å²) in [4.78, 5) is 21.4. The molecule has 0 aliphatic rings. The van der Waals surface area contributed by atoms with Gasteiger partial charge < -0.3 is 21.5 Å². The molecule has 15 heavy (non-hydrogen) atoms. The molecule has 0 saturated heterocycles. The van der Waals surface area contributed by atoms with E-state index in [1.807, 2.05) is 13.8 Å². The first-order chi connectivity index (χ1) is 6.81. The number of hydrogen-bond acceptors (Lipinski definition) is 4. The Morgan fingerprint density at radius 3 is 2.47 bits per heavy atom. The van der Waals surface area contributed by atoms with Crippen LogP contribution in [0.4, 0.5) is 4.79 Å². The molecule has 0 bridgehead atoms. The Hall–Kier alpha value is -1.30. The molecule has 5 N–H and O–H groups in total. The number of primary amides is 1. The number of nitrogens with two attached hydrogens (primary N) is 2. The van der Waals surface area contributed by atoms with Crippen LogP contribution in [-0.2, 0) is 9.53 Å². The minimum absolute atomic E-state index is 0.0904. The van der Waals surface area contributed by atoms with Crippen LogP contribution in [0, 0.1) is 0 Å². The molecule has 0 unspecified atom stereocenters. The molecule has 0 aliphatic carbocycles. The highest BCUT2D eigenvalue weighted by Gasteiger charge is 2.12. The van der Waals surface area contributed by atoms with E-state index in [9.17, 15) is 9.59 Å². The molecule has 0 aromatic carbocycles. The fourth-order valence-corrected chi connectivity index (χ4v) is 0.866. The smallest absolute Gasteiger partial charge is 0.404 e.